The maximum atomic E-state index is 4.78. The Bertz CT molecular complexity index is 2230. The monoisotopic (exact) mass is 588 g/mol. The van der Waals surface area contributed by atoms with Gasteiger partial charge in [0.15, 0.2) is 0 Å². The van der Waals surface area contributed by atoms with E-state index in [4.69, 9.17) is 4.98 Å². The maximum Gasteiger partial charge on any atom is 0.137 e. The number of nitrogens with zero attached hydrogens (tertiary/aromatic N) is 2. The third kappa shape index (κ3) is 5.00. The van der Waals surface area contributed by atoms with E-state index in [1.165, 1.54) is 54.9 Å². The van der Waals surface area contributed by atoms with E-state index in [9.17, 15) is 0 Å². The summed E-state index contributed by atoms with van der Waals surface area (Å²) >= 11 is 0. The van der Waals surface area contributed by atoms with E-state index in [0.717, 1.165) is 22.8 Å². The number of hydrogen-bond donors (Lipinski definition) is 0. The molecule has 0 N–H and O–H groups in total. The predicted octanol–water partition coefficient (Wildman–Crippen LogP) is 12.2. The first-order valence-electron chi connectivity index (χ1n) is 15.7. The molecule has 218 valence electrons. The van der Waals surface area contributed by atoms with E-state index in [2.05, 4.69) is 176 Å². The number of rotatable bonds is 6. The highest BCUT2D eigenvalue weighted by molar-refractivity contribution is 6.21. The average Bonchev–Trinajstić information content (AvgIpc) is 3.13. The lowest BCUT2D eigenvalue weighted by Gasteiger charge is -2.25. The van der Waals surface area contributed by atoms with Gasteiger partial charge in [-0.25, -0.2) is 4.98 Å². The summed E-state index contributed by atoms with van der Waals surface area (Å²) in [5.74, 6) is 0.891. The molecule has 7 aromatic carbocycles. The van der Waals surface area contributed by atoms with Crippen LogP contribution in [0.25, 0.3) is 54.9 Å². The minimum Gasteiger partial charge on any atom is -0.295 e. The number of pyridine rings is 1. The third-order valence-electron chi connectivity index (χ3n) is 8.74. The van der Waals surface area contributed by atoms with Gasteiger partial charge in [-0.2, -0.15) is 0 Å². The molecule has 1 heterocycles. The van der Waals surface area contributed by atoms with Crippen LogP contribution in [0.3, 0.4) is 0 Å². The van der Waals surface area contributed by atoms with Gasteiger partial charge in [0, 0.05) is 17.6 Å². The van der Waals surface area contributed by atoms with Crippen LogP contribution in [0.15, 0.2) is 176 Å². The second-order valence-corrected chi connectivity index (χ2v) is 11.7. The summed E-state index contributed by atoms with van der Waals surface area (Å²) in [6.07, 6.45) is 1.93. The summed E-state index contributed by atoms with van der Waals surface area (Å²) in [6, 6.07) is 60.8. The van der Waals surface area contributed by atoms with Crippen molar-refractivity contribution in [3.8, 4) is 33.4 Å². The summed E-state index contributed by atoms with van der Waals surface area (Å²) in [7, 11) is 0. The molecule has 0 atom stereocenters. The van der Waals surface area contributed by atoms with E-state index < -0.39 is 0 Å². The zero-order chi connectivity index (χ0) is 30.9. The fourth-order valence-electron chi connectivity index (χ4n) is 6.60. The Kier molecular flexibility index (Phi) is 7.09. The van der Waals surface area contributed by atoms with Gasteiger partial charge in [-0.1, -0.05) is 133 Å². The van der Waals surface area contributed by atoms with Crippen molar-refractivity contribution in [3.05, 3.63) is 182 Å². The number of benzene rings is 7. The fourth-order valence-corrected chi connectivity index (χ4v) is 6.60. The van der Waals surface area contributed by atoms with Gasteiger partial charge < -0.3 is 0 Å². The molecule has 0 fully saturated rings. The SMILES string of the molecule is Cc1ccc(N(c2ccccc2)c2ccc(-c3c4ccccc4c(-c4cccc(-c5ccccc5)c4)c4ccccc34)cc2)nc1. The van der Waals surface area contributed by atoms with Crippen LogP contribution in [0.4, 0.5) is 17.2 Å². The molecule has 1 aromatic heterocycles. The minimum atomic E-state index is 0.891. The third-order valence-corrected chi connectivity index (χ3v) is 8.74. The van der Waals surface area contributed by atoms with Crippen LogP contribution in [0.5, 0.6) is 0 Å². The van der Waals surface area contributed by atoms with Crippen molar-refractivity contribution in [1.82, 2.24) is 4.98 Å². The standard InChI is InChI=1S/C44H32N2/c1-31-23-28-42(45-30-31)46(36-17-6-3-7-18-36)37-26-24-33(25-27-37)43-38-19-8-10-21-40(38)44(41-22-11-9-20-39(41)43)35-16-12-15-34(29-35)32-13-4-2-5-14-32/h2-30H,1H3. The summed E-state index contributed by atoms with van der Waals surface area (Å²) in [4.78, 5) is 6.99. The van der Waals surface area contributed by atoms with Crippen molar-refractivity contribution >= 4 is 38.7 Å². The number of para-hydroxylation sites is 1. The smallest absolute Gasteiger partial charge is 0.137 e. The molecule has 0 saturated carbocycles. The Morgan fingerprint density at radius 1 is 0.391 bits per heavy atom. The molecule has 46 heavy (non-hydrogen) atoms. The average molecular weight is 589 g/mol. The molecule has 8 aromatic rings. The quantitative estimate of drug-likeness (QED) is 0.180. The number of fused-ring (bicyclic) bond motifs is 2. The summed E-state index contributed by atoms with van der Waals surface area (Å²) in [5, 5.41) is 4.99. The van der Waals surface area contributed by atoms with Crippen LogP contribution in [0.1, 0.15) is 5.56 Å². The van der Waals surface area contributed by atoms with Crippen molar-refractivity contribution < 1.29 is 0 Å². The van der Waals surface area contributed by atoms with Crippen molar-refractivity contribution in [2.45, 2.75) is 6.92 Å². The normalized spacial score (nSPS) is 11.2. The van der Waals surface area contributed by atoms with Crippen molar-refractivity contribution in [1.29, 1.82) is 0 Å². The van der Waals surface area contributed by atoms with Crippen LogP contribution in [0, 0.1) is 6.92 Å². The van der Waals surface area contributed by atoms with Crippen molar-refractivity contribution in [3.63, 3.8) is 0 Å². The Labute approximate surface area is 269 Å². The molecule has 0 radical (unpaired) electrons. The van der Waals surface area contributed by atoms with Crippen molar-refractivity contribution in [2.75, 3.05) is 4.90 Å². The summed E-state index contributed by atoms with van der Waals surface area (Å²) in [5.41, 5.74) is 10.6. The molecule has 2 nitrogen and oxygen atoms in total. The molecule has 0 bridgehead atoms. The zero-order valence-corrected chi connectivity index (χ0v) is 25.6. The van der Waals surface area contributed by atoms with Crippen LogP contribution >= 0.6 is 0 Å². The largest absolute Gasteiger partial charge is 0.295 e. The van der Waals surface area contributed by atoms with Gasteiger partial charge in [0.1, 0.15) is 5.82 Å². The number of aryl methyl sites for hydroxylation is 1. The lowest BCUT2D eigenvalue weighted by Crippen LogP contribution is -2.11. The molecule has 0 unspecified atom stereocenters. The number of anilines is 3. The van der Waals surface area contributed by atoms with E-state index in [1.54, 1.807) is 0 Å². The second kappa shape index (κ2) is 11.8. The Morgan fingerprint density at radius 2 is 0.891 bits per heavy atom. The fraction of sp³-hybridized carbons (Fsp3) is 0.0227. The predicted molar refractivity (Wildman–Crippen MR) is 195 cm³/mol. The van der Waals surface area contributed by atoms with Gasteiger partial charge in [-0.3, -0.25) is 4.90 Å². The topological polar surface area (TPSA) is 16.1 Å². The van der Waals surface area contributed by atoms with Gasteiger partial charge in [-0.15, -0.1) is 0 Å². The molecule has 0 aliphatic rings. The first-order valence-corrected chi connectivity index (χ1v) is 15.7. The Balaban J connectivity index is 1.30. The zero-order valence-electron chi connectivity index (χ0n) is 25.6. The van der Waals surface area contributed by atoms with Crippen LogP contribution in [-0.4, -0.2) is 4.98 Å². The summed E-state index contributed by atoms with van der Waals surface area (Å²) in [6.45, 7) is 2.07. The molecule has 0 aliphatic heterocycles. The highest BCUT2D eigenvalue weighted by atomic mass is 15.2. The van der Waals surface area contributed by atoms with Crippen LogP contribution in [0.2, 0.25) is 0 Å². The lowest BCUT2D eigenvalue weighted by molar-refractivity contribution is 1.16. The van der Waals surface area contributed by atoms with Gasteiger partial charge >= 0.3 is 0 Å². The molecule has 0 saturated heterocycles. The summed E-state index contributed by atoms with van der Waals surface area (Å²) < 4.78 is 0. The minimum absolute atomic E-state index is 0.891. The molecular formula is C44H32N2. The van der Waals surface area contributed by atoms with Crippen molar-refractivity contribution in [2.24, 2.45) is 0 Å². The first kappa shape index (κ1) is 27.6. The van der Waals surface area contributed by atoms with Gasteiger partial charge in [0.2, 0.25) is 0 Å². The molecule has 0 amide bonds. The van der Waals surface area contributed by atoms with E-state index in [0.29, 0.717) is 0 Å². The maximum absolute atomic E-state index is 4.78. The van der Waals surface area contributed by atoms with Gasteiger partial charge in [-0.05, 0) is 104 Å². The Hall–Kier alpha value is -5.99. The van der Waals surface area contributed by atoms with Crippen LogP contribution < -0.4 is 4.90 Å². The molecule has 2 heteroatoms. The van der Waals surface area contributed by atoms with Gasteiger partial charge in [0.25, 0.3) is 0 Å². The lowest BCUT2D eigenvalue weighted by atomic mass is 9.85. The molecule has 8 rings (SSSR count). The number of hydrogen-bond acceptors (Lipinski definition) is 2. The molecule has 0 aliphatic carbocycles. The highest BCUT2D eigenvalue weighted by Gasteiger charge is 2.18. The first-order chi connectivity index (χ1) is 22.7. The van der Waals surface area contributed by atoms with E-state index in [1.807, 2.05) is 12.3 Å². The second-order valence-electron chi connectivity index (χ2n) is 11.7. The highest BCUT2D eigenvalue weighted by Crippen LogP contribution is 2.45. The molecule has 0 spiro atoms. The van der Waals surface area contributed by atoms with Crippen LogP contribution in [-0.2, 0) is 0 Å². The molecular weight excluding hydrogens is 556 g/mol. The Morgan fingerprint density at radius 3 is 1.48 bits per heavy atom. The van der Waals surface area contributed by atoms with E-state index >= 15 is 0 Å². The number of aromatic nitrogens is 1. The van der Waals surface area contributed by atoms with Gasteiger partial charge in [0.05, 0.1) is 0 Å². The van der Waals surface area contributed by atoms with E-state index in [-0.39, 0.29) is 0 Å².